The van der Waals surface area contributed by atoms with Gasteiger partial charge in [-0.1, -0.05) is 0 Å². The highest BCUT2D eigenvalue weighted by Gasteiger charge is 2.35. The fourth-order valence-electron chi connectivity index (χ4n) is 2.99. The van der Waals surface area contributed by atoms with Crippen LogP contribution < -0.4 is 10.6 Å². The fourth-order valence-corrected chi connectivity index (χ4v) is 2.99. The first-order valence-electron chi connectivity index (χ1n) is 9.28. The van der Waals surface area contributed by atoms with Gasteiger partial charge in [-0.15, -0.1) is 0 Å². The van der Waals surface area contributed by atoms with E-state index in [0.29, 0.717) is 31.6 Å². The Morgan fingerprint density at radius 1 is 1.17 bits per heavy atom. The van der Waals surface area contributed by atoms with Crippen LogP contribution in [0, 0.1) is 5.82 Å². The molecule has 6 nitrogen and oxygen atoms in total. The van der Waals surface area contributed by atoms with Gasteiger partial charge in [-0.05, 0) is 37.6 Å². The predicted octanol–water partition coefficient (Wildman–Crippen LogP) is 4.03. The van der Waals surface area contributed by atoms with Gasteiger partial charge in [-0.3, -0.25) is 4.90 Å². The van der Waals surface area contributed by atoms with Gasteiger partial charge in [-0.2, -0.15) is 18.2 Å². The molecule has 3 rings (SSSR count). The molecule has 2 heterocycles. The topological polar surface area (TPSA) is 62.3 Å². The zero-order valence-electron chi connectivity index (χ0n) is 16.2. The Labute approximate surface area is 166 Å². The molecule has 2 N–H and O–H groups in total. The number of anilines is 3. The Hall–Kier alpha value is -2.46. The summed E-state index contributed by atoms with van der Waals surface area (Å²) in [5.74, 6) is -0.829. The van der Waals surface area contributed by atoms with Gasteiger partial charge < -0.3 is 15.4 Å². The zero-order valence-corrected chi connectivity index (χ0v) is 16.2. The quantitative estimate of drug-likeness (QED) is 0.698. The van der Waals surface area contributed by atoms with E-state index in [1.54, 1.807) is 19.9 Å². The summed E-state index contributed by atoms with van der Waals surface area (Å²) in [6.07, 6.45) is -3.87. The third kappa shape index (κ3) is 6.01. The second kappa shape index (κ2) is 8.91. The van der Waals surface area contributed by atoms with Crippen LogP contribution in [0.4, 0.5) is 35.0 Å². The highest BCUT2D eigenvalue weighted by Crippen LogP contribution is 2.34. The van der Waals surface area contributed by atoms with E-state index in [-0.39, 0.29) is 17.8 Å². The molecule has 0 spiro atoms. The van der Waals surface area contributed by atoms with Crippen LogP contribution in [0.5, 0.6) is 0 Å². The number of alkyl halides is 3. The van der Waals surface area contributed by atoms with Crippen LogP contribution in [0.1, 0.15) is 25.0 Å². The Morgan fingerprint density at radius 3 is 2.55 bits per heavy atom. The standard InChI is InChI=1S/C19H23F4N5O/c1-12(2)25-17-16(19(21,22)23)10-24-18(27-17)26-15-8-13(7-14(20)9-15)11-28-3-5-29-6-4-28/h7-10,12H,3-6,11H2,1-2H3,(H2,24,25,26,27). The molecule has 1 aliphatic rings. The van der Waals surface area contributed by atoms with Crippen molar-refractivity contribution in [3.8, 4) is 0 Å². The number of morpholine rings is 1. The first-order chi connectivity index (χ1) is 13.7. The van der Waals surface area contributed by atoms with E-state index >= 15 is 0 Å². The summed E-state index contributed by atoms with van der Waals surface area (Å²) in [5.41, 5.74) is 0.148. The molecule has 0 saturated carbocycles. The molecule has 0 atom stereocenters. The molecule has 1 fully saturated rings. The number of nitrogens with zero attached hydrogens (tertiary/aromatic N) is 3. The van der Waals surface area contributed by atoms with Crippen molar-refractivity contribution in [2.24, 2.45) is 0 Å². The lowest BCUT2D eigenvalue weighted by Gasteiger charge is -2.26. The lowest BCUT2D eigenvalue weighted by Crippen LogP contribution is -2.35. The van der Waals surface area contributed by atoms with Gasteiger partial charge in [0.1, 0.15) is 17.2 Å². The van der Waals surface area contributed by atoms with Crippen molar-refractivity contribution in [3.05, 3.63) is 41.3 Å². The minimum atomic E-state index is -4.58. The Bertz CT molecular complexity index is 838. The third-order valence-electron chi connectivity index (χ3n) is 4.24. The SMILES string of the molecule is CC(C)Nc1nc(Nc2cc(F)cc(CN3CCOCC3)c2)ncc1C(F)(F)F. The molecule has 0 bridgehead atoms. The van der Waals surface area contributed by atoms with Crippen LogP contribution in [-0.2, 0) is 17.5 Å². The molecule has 0 amide bonds. The molecule has 1 aromatic heterocycles. The fraction of sp³-hybridized carbons (Fsp3) is 0.474. The smallest absolute Gasteiger partial charge is 0.379 e. The molecule has 1 saturated heterocycles. The number of rotatable bonds is 6. The van der Waals surface area contributed by atoms with Crippen molar-refractivity contribution in [2.75, 3.05) is 36.9 Å². The first-order valence-corrected chi connectivity index (χ1v) is 9.28. The van der Waals surface area contributed by atoms with Crippen molar-refractivity contribution in [1.82, 2.24) is 14.9 Å². The summed E-state index contributed by atoms with van der Waals surface area (Å²) >= 11 is 0. The van der Waals surface area contributed by atoms with Crippen molar-refractivity contribution >= 4 is 17.5 Å². The van der Waals surface area contributed by atoms with Gasteiger partial charge in [0, 0.05) is 37.6 Å². The monoisotopic (exact) mass is 413 g/mol. The average molecular weight is 413 g/mol. The van der Waals surface area contributed by atoms with E-state index in [2.05, 4.69) is 25.5 Å². The normalized spacial score (nSPS) is 15.6. The largest absolute Gasteiger partial charge is 0.421 e. The van der Waals surface area contributed by atoms with E-state index in [9.17, 15) is 17.6 Å². The number of halogens is 4. The maximum absolute atomic E-state index is 14.1. The number of ether oxygens (including phenoxy) is 1. The van der Waals surface area contributed by atoms with Crippen molar-refractivity contribution in [1.29, 1.82) is 0 Å². The zero-order chi connectivity index (χ0) is 21.0. The summed E-state index contributed by atoms with van der Waals surface area (Å²) in [6.45, 7) is 6.73. The van der Waals surface area contributed by atoms with Crippen LogP contribution in [0.25, 0.3) is 0 Å². The van der Waals surface area contributed by atoms with Gasteiger partial charge in [0.15, 0.2) is 0 Å². The summed E-state index contributed by atoms with van der Waals surface area (Å²) in [4.78, 5) is 9.84. The minimum Gasteiger partial charge on any atom is -0.379 e. The maximum Gasteiger partial charge on any atom is 0.421 e. The number of hydrogen-bond acceptors (Lipinski definition) is 6. The molecule has 0 aliphatic carbocycles. The van der Waals surface area contributed by atoms with Gasteiger partial charge in [0.2, 0.25) is 5.95 Å². The summed E-state index contributed by atoms with van der Waals surface area (Å²) in [7, 11) is 0. The van der Waals surface area contributed by atoms with Crippen molar-refractivity contribution < 1.29 is 22.3 Å². The minimum absolute atomic E-state index is 0.0518. The molecular formula is C19H23F4N5O. The predicted molar refractivity (Wildman–Crippen MR) is 102 cm³/mol. The Kier molecular flexibility index (Phi) is 6.53. The molecule has 1 aromatic carbocycles. The van der Waals surface area contributed by atoms with Crippen LogP contribution >= 0.6 is 0 Å². The summed E-state index contributed by atoms with van der Waals surface area (Å²) in [6, 6.07) is 4.15. The molecular weight excluding hydrogens is 390 g/mol. The van der Waals surface area contributed by atoms with Gasteiger partial charge in [-0.25, -0.2) is 9.37 Å². The molecule has 1 aliphatic heterocycles. The first kappa shape index (κ1) is 21.3. The van der Waals surface area contributed by atoms with E-state index in [4.69, 9.17) is 4.74 Å². The van der Waals surface area contributed by atoms with Crippen LogP contribution in [0.15, 0.2) is 24.4 Å². The number of aromatic nitrogens is 2. The van der Waals surface area contributed by atoms with Crippen LogP contribution in [0.2, 0.25) is 0 Å². The average Bonchev–Trinajstić information content (AvgIpc) is 2.60. The number of nitrogens with one attached hydrogen (secondary N) is 2. The molecule has 158 valence electrons. The van der Waals surface area contributed by atoms with Crippen molar-refractivity contribution in [2.45, 2.75) is 32.6 Å². The van der Waals surface area contributed by atoms with Gasteiger partial charge >= 0.3 is 6.18 Å². The lowest BCUT2D eigenvalue weighted by atomic mass is 10.1. The molecule has 2 aromatic rings. The molecule has 0 unspecified atom stereocenters. The van der Waals surface area contributed by atoms with Crippen LogP contribution in [-0.4, -0.2) is 47.2 Å². The van der Waals surface area contributed by atoms with E-state index in [0.717, 1.165) is 18.7 Å². The Balaban J connectivity index is 1.81. The number of hydrogen-bond donors (Lipinski definition) is 2. The Morgan fingerprint density at radius 2 is 1.90 bits per heavy atom. The molecule has 10 heteroatoms. The van der Waals surface area contributed by atoms with Gasteiger partial charge in [0.05, 0.1) is 13.2 Å². The van der Waals surface area contributed by atoms with E-state index in [1.807, 2.05) is 0 Å². The van der Waals surface area contributed by atoms with E-state index < -0.39 is 17.6 Å². The molecule has 0 radical (unpaired) electrons. The summed E-state index contributed by atoms with van der Waals surface area (Å²) < 4.78 is 58.9. The number of benzene rings is 1. The highest BCUT2D eigenvalue weighted by molar-refractivity contribution is 5.57. The van der Waals surface area contributed by atoms with Crippen LogP contribution in [0.3, 0.4) is 0 Å². The highest BCUT2D eigenvalue weighted by atomic mass is 19.4. The summed E-state index contributed by atoms with van der Waals surface area (Å²) in [5, 5.41) is 5.48. The second-order valence-corrected chi connectivity index (χ2v) is 7.11. The van der Waals surface area contributed by atoms with Gasteiger partial charge in [0.25, 0.3) is 0 Å². The molecule has 29 heavy (non-hydrogen) atoms. The maximum atomic E-state index is 14.1. The van der Waals surface area contributed by atoms with E-state index in [1.165, 1.54) is 12.1 Å². The van der Waals surface area contributed by atoms with Crippen molar-refractivity contribution in [3.63, 3.8) is 0 Å². The second-order valence-electron chi connectivity index (χ2n) is 7.11. The third-order valence-corrected chi connectivity index (χ3v) is 4.24. The lowest BCUT2D eigenvalue weighted by molar-refractivity contribution is -0.137.